The molecule has 0 atom stereocenters. The zero-order chi connectivity index (χ0) is 21.2. The molecule has 0 unspecified atom stereocenters. The summed E-state index contributed by atoms with van der Waals surface area (Å²) in [6.45, 7) is 5.67. The fourth-order valence-electron chi connectivity index (χ4n) is 4.37. The molecular formula is C28H27NO2. The standard InChI is InChI=1S/C28H27NO2/c1-3-21-18-25(15-14-20(21)2)29(27-13-7-9-22-8-4-5-12-26(22)27)24-11-6-10-23(19-24)28-30-16-17-31-28/h4-15,18-19,28H,3,16-17H2,1-2H3. The summed E-state index contributed by atoms with van der Waals surface area (Å²) in [6, 6.07) is 30.3. The largest absolute Gasteiger partial charge is 0.346 e. The maximum Gasteiger partial charge on any atom is 0.184 e. The van der Waals surface area contributed by atoms with Crippen LogP contribution in [0.5, 0.6) is 0 Å². The Kier molecular flexibility index (Phi) is 5.46. The molecule has 1 aliphatic heterocycles. The minimum atomic E-state index is -0.293. The molecule has 0 bridgehead atoms. The second-order valence-corrected chi connectivity index (χ2v) is 7.97. The third-order valence-electron chi connectivity index (χ3n) is 6.00. The van der Waals surface area contributed by atoms with Gasteiger partial charge in [-0.1, -0.05) is 61.5 Å². The van der Waals surface area contributed by atoms with Crippen molar-refractivity contribution in [1.82, 2.24) is 0 Å². The number of aryl methyl sites for hydroxylation is 2. The van der Waals surface area contributed by atoms with E-state index in [9.17, 15) is 0 Å². The summed E-state index contributed by atoms with van der Waals surface area (Å²) in [7, 11) is 0. The van der Waals surface area contributed by atoms with Crippen molar-refractivity contribution in [3.8, 4) is 0 Å². The van der Waals surface area contributed by atoms with E-state index in [2.05, 4.69) is 104 Å². The van der Waals surface area contributed by atoms with Crippen molar-refractivity contribution in [2.45, 2.75) is 26.6 Å². The lowest BCUT2D eigenvalue weighted by Crippen LogP contribution is -2.12. The first kappa shape index (κ1) is 19.8. The molecule has 0 N–H and O–H groups in total. The van der Waals surface area contributed by atoms with Crippen LogP contribution in [-0.4, -0.2) is 13.2 Å². The van der Waals surface area contributed by atoms with Gasteiger partial charge in [0.25, 0.3) is 0 Å². The Balaban J connectivity index is 1.71. The van der Waals surface area contributed by atoms with E-state index in [1.165, 1.54) is 21.9 Å². The summed E-state index contributed by atoms with van der Waals surface area (Å²) < 4.78 is 11.5. The van der Waals surface area contributed by atoms with Crippen molar-refractivity contribution in [3.05, 3.63) is 102 Å². The lowest BCUT2D eigenvalue weighted by molar-refractivity contribution is -0.0440. The minimum Gasteiger partial charge on any atom is -0.346 e. The lowest BCUT2D eigenvalue weighted by atomic mass is 10.0. The van der Waals surface area contributed by atoms with Crippen LogP contribution in [-0.2, 0) is 15.9 Å². The highest BCUT2D eigenvalue weighted by atomic mass is 16.7. The molecule has 1 fully saturated rings. The Morgan fingerprint density at radius 3 is 2.39 bits per heavy atom. The molecule has 156 valence electrons. The summed E-state index contributed by atoms with van der Waals surface area (Å²) in [6.07, 6.45) is 0.714. The summed E-state index contributed by atoms with van der Waals surface area (Å²) >= 11 is 0. The molecule has 3 nitrogen and oxygen atoms in total. The number of fused-ring (bicyclic) bond motifs is 1. The molecule has 3 heteroatoms. The third-order valence-corrected chi connectivity index (χ3v) is 6.00. The first-order chi connectivity index (χ1) is 15.2. The molecule has 1 saturated heterocycles. The second kappa shape index (κ2) is 8.54. The summed E-state index contributed by atoms with van der Waals surface area (Å²) in [5.41, 5.74) is 7.15. The van der Waals surface area contributed by atoms with Gasteiger partial charge in [0, 0.05) is 22.3 Å². The van der Waals surface area contributed by atoms with Crippen molar-refractivity contribution in [2.24, 2.45) is 0 Å². The Morgan fingerprint density at radius 1 is 0.806 bits per heavy atom. The quantitative estimate of drug-likeness (QED) is 0.347. The van der Waals surface area contributed by atoms with Gasteiger partial charge in [-0.15, -0.1) is 0 Å². The molecule has 0 aromatic heterocycles. The molecule has 0 radical (unpaired) electrons. The lowest BCUT2D eigenvalue weighted by Gasteiger charge is -2.28. The number of nitrogens with zero attached hydrogens (tertiary/aromatic N) is 1. The summed E-state index contributed by atoms with van der Waals surface area (Å²) in [4.78, 5) is 2.35. The molecular weight excluding hydrogens is 382 g/mol. The second-order valence-electron chi connectivity index (χ2n) is 7.97. The average Bonchev–Trinajstić information content (AvgIpc) is 3.36. The highest BCUT2D eigenvalue weighted by Gasteiger charge is 2.21. The van der Waals surface area contributed by atoms with Gasteiger partial charge < -0.3 is 14.4 Å². The van der Waals surface area contributed by atoms with Crippen molar-refractivity contribution >= 4 is 27.8 Å². The number of hydrogen-bond donors (Lipinski definition) is 0. The molecule has 4 aromatic carbocycles. The van der Waals surface area contributed by atoms with Gasteiger partial charge >= 0.3 is 0 Å². The molecule has 0 aliphatic carbocycles. The molecule has 0 spiro atoms. The molecule has 31 heavy (non-hydrogen) atoms. The molecule has 0 amide bonds. The van der Waals surface area contributed by atoms with Crippen LogP contribution in [0.4, 0.5) is 17.1 Å². The van der Waals surface area contributed by atoms with Gasteiger partial charge in [0.15, 0.2) is 6.29 Å². The van der Waals surface area contributed by atoms with Crippen LogP contribution in [0, 0.1) is 6.92 Å². The monoisotopic (exact) mass is 409 g/mol. The summed E-state index contributed by atoms with van der Waals surface area (Å²) in [5, 5.41) is 2.45. The Labute approximate surface area is 183 Å². The van der Waals surface area contributed by atoms with Crippen LogP contribution >= 0.6 is 0 Å². The number of anilines is 3. The normalized spacial score (nSPS) is 14.3. The van der Waals surface area contributed by atoms with Crippen LogP contribution in [0.15, 0.2) is 84.9 Å². The van der Waals surface area contributed by atoms with Crippen LogP contribution in [0.25, 0.3) is 10.8 Å². The van der Waals surface area contributed by atoms with Crippen LogP contribution in [0.3, 0.4) is 0 Å². The minimum absolute atomic E-state index is 0.293. The Morgan fingerprint density at radius 2 is 1.55 bits per heavy atom. The first-order valence-electron chi connectivity index (χ1n) is 10.9. The van der Waals surface area contributed by atoms with Gasteiger partial charge in [-0.3, -0.25) is 0 Å². The molecule has 1 aliphatic rings. The maximum absolute atomic E-state index is 5.77. The topological polar surface area (TPSA) is 21.7 Å². The van der Waals surface area contributed by atoms with E-state index < -0.39 is 0 Å². The van der Waals surface area contributed by atoms with Gasteiger partial charge in [-0.25, -0.2) is 0 Å². The highest BCUT2D eigenvalue weighted by Crippen LogP contribution is 2.40. The van der Waals surface area contributed by atoms with Crippen molar-refractivity contribution in [3.63, 3.8) is 0 Å². The van der Waals surface area contributed by atoms with Crippen LogP contribution in [0.2, 0.25) is 0 Å². The zero-order valence-electron chi connectivity index (χ0n) is 18.0. The van der Waals surface area contributed by atoms with E-state index in [-0.39, 0.29) is 6.29 Å². The predicted octanol–water partition coefficient (Wildman–Crippen LogP) is 7.23. The van der Waals surface area contributed by atoms with Gasteiger partial charge in [0.05, 0.1) is 18.9 Å². The fourth-order valence-corrected chi connectivity index (χ4v) is 4.37. The van der Waals surface area contributed by atoms with E-state index in [0.29, 0.717) is 13.2 Å². The molecule has 0 saturated carbocycles. The number of hydrogen-bond acceptors (Lipinski definition) is 3. The van der Waals surface area contributed by atoms with Crippen LogP contribution < -0.4 is 4.90 Å². The Hall–Kier alpha value is -3.14. The van der Waals surface area contributed by atoms with Gasteiger partial charge in [-0.05, 0) is 60.2 Å². The molecule has 5 rings (SSSR count). The van der Waals surface area contributed by atoms with Crippen LogP contribution in [0.1, 0.15) is 29.9 Å². The molecule has 4 aromatic rings. The average molecular weight is 410 g/mol. The van der Waals surface area contributed by atoms with Crippen molar-refractivity contribution in [1.29, 1.82) is 0 Å². The Bertz CT molecular complexity index is 1210. The van der Waals surface area contributed by atoms with Gasteiger partial charge in [0.1, 0.15) is 0 Å². The SMILES string of the molecule is CCc1cc(N(c2cccc(C3OCCO3)c2)c2cccc3ccccc23)ccc1C. The molecule has 1 heterocycles. The maximum atomic E-state index is 5.77. The highest BCUT2D eigenvalue weighted by molar-refractivity contribution is 5.98. The van der Waals surface area contributed by atoms with Gasteiger partial charge in [-0.2, -0.15) is 0 Å². The van der Waals surface area contributed by atoms with Crippen molar-refractivity contribution in [2.75, 3.05) is 18.1 Å². The van der Waals surface area contributed by atoms with E-state index in [1.54, 1.807) is 0 Å². The number of benzene rings is 4. The van der Waals surface area contributed by atoms with Gasteiger partial charge in [0.2, 0.25) is 0 Å². The number of ether oxygens (including phenoxy) is 2. The third kappa shape index (κ3) is 3.83. The van der Waals surface area contributed by atoms with E-state index >= 15 is 0 Å². The zero-order valence-corrected chi connectivity index (χ0v) is 18.0. The number of rotatable bonds is 5. The summed E-state index contributed by atoms with van der Waals surface area (Å²) in [5.74, 6) is 0. The smallest absolute Gasteiger partial charge is 0.184 e. The van der Waals surface area contributed by atoms with E-state index in [4.69, 9.17) is 9.47 Å². The fraction of sp³-hybridized carbons (Fsp3) is 0.214. The van der Waals surface area contributed by atoms with Crippen molar-refractivity contribution < 1.29 is 9.47 Å². The first-order valence-corrected chi connectivity index (χ1v) is 10.9. The predicted molar refractivity (Wildman–Crippen MR) is 127 cm³/mol. The van der Waals surface area contributed by atoms with E-state index in [1.807, 2.05) is 0 Å². The van der Waals surface area contributed by atoms with E-state index in [0.717, 1.165) is 29.0 Å².